The number of hydrogen-bond acceptors (Lipinski definition) is 7. The van der Waals surface area contributed by atoms with Gasteiger partial charge in [-0.25, -0.2) is 4.79 Å². The van der Waals surface area contributed by atoms with Crippen LogP contribution in [0.2, 0.25) is 0 Å². The van der Waals surface area contributed by atoms with Crippen molar-refractivity contribution in [3.8, 4) is 0 Å². The van der Waals surface area contributed by atoms with E-state index in [9.17, 15) is 14.4 Å². The fourth-order valence-corrected chi connectivity index (χ4v) is 3.90. The Bertz CT molecular complexity index is 1190. The van der Waals surface area contributed by atoms with Crippen molar-refractivity contribution >= 4 is 23.1 Å². The van der Waals surface area contributed by atoms with Crippen molar-refractivity contribution in [3.63, 3.8) is 0 Å². The van der Waals surface area contributed by atoms with Crippen LogP contribution in [0.4, 0.5) is 4.79 Å². The van der Waals surface area contributed by atoms with Crippen molar-refractivity contribution in [1.82, 2.24) is 24.9 Å². The molecule has 11 nitrogen and oxygen atoms in total. The quantitative estimate of drug-likeness (QED) is 0.406. The summed E-state index contributed by atoms with van der Waals surface area (Å²) in [5, 5.41) is 15.3. The van der Waals surface area contributed by atoms with E-state index in [1.807, 2.05) is 37.3 Å². The van der Waals surface area contributed by atoms with Crippen LogP contribution in [-0.4, -0.2) is 63.5 Å². The molecule has 0 aliphatic heterocycles. The molecule has 1 unspecified atom stereocenters. The number of carbonyl (C=O) groups is 2. The second-order valence-corrected chi connectivity index (χ2v) is 7.82. The Balaban J connectivity index is 2.08. The maximum atomic E-state index is 13.5. The number of aryl methyl sites for hydroxylation is 1. The Kier molecular flexibility index (Phi) is 8.36. The number of aromatic nitrogens is 3. The fourth-order valence-electron chi connectivity index (χ4n) is 3.90. The average molecular weight is 472 g/mol. The Labute approximate surface area is 196 Å². The lowest BCUT2D eigenvalue weighted by atomic mass is 10.1. The topological polar surface area (TPSA) is 140 Å². The van der Waals surface area contributed by atoms with Gasteiger partial charge in [-0.2, -0.15) is 4.98 Å². The zero-order valence-electron chi connectivity index (χ0n) is 19.5. The van der Waals surface area contributed by atoms with Crippen LogP contribution in [0.3, 0.4) is 0 Å². The van der Waals surface area contributed by atoms with E-state index in [1.54, 1.807) is 16.4 Å². The van der Waals surface area contributed by atoms with Gasteiger partial charge in [0.2, 0.25) is 5.91 Å². The van der Waals surface area contributed by atoms with Crippen LogP contribution in [0.5, 0.6) is 0 Å². The van der Waals surface area contributed by atoms with Crippen molar-refractivity contribution in [2.75, 3.05) is 26.8 Å². The summed E-state index contributed by atoms with van der Waals surface area (Å²) >= 11 is 0. The highest BCUT2D eigenvalue weighted by Gasteiger charge is 2.29. The molecule has 3 rings (SSSR count). The smallest absolute Gasteiger partial charge is 0.404 e. The van der Waals surface area contributed by atoms with E-state index in [0.29, 0.717) is 29.7 Å². The number of ether oxygens (including phenoxy) is 1. The molecular weight excluding hydrogens is 442 g/mol. The van der Waals surface area contributed by atoms with Gasteiger partial charge in [-0.15, -0.1) is 0 Å². The molecule has 2 heterocycles. The van der Waals surface area contributed by atoms with Crippen molar-refractivity contribution < 1.29 is 24.0 Å². The van der Waals surface area contributed by atoms with Crippen molar-refractivity contribution in [1.29, 1.82) is 0 Å². The molecule has 2 aromatic heterocycles. The fraction of sp³-hybridized carbons (Fsp3) is 0.435. The Morgan fingerprint density at radius 2 is 2.03 bits per heavy atom. The third kappa shape index (κ3) is 5.60. The number of rotatable bonds is 11. The number of nitrogens with zero attached hydrogens (tertiary/aromatic N) is 4. The van der Waals surface area contributed by atoms with Crippen molar-refractivity contribution in [2.24, 2.45) is 0 Å². The minimum absolute atomic E-state index is 0.118. The summed E-state index contributed by atoms with van der Waals surface area (Å²) < 4.78 is 11.9. The summed E-state index contributed by atoms with van der Waals surface area (Å²) in [6, 6.07) is 8.92. The number of hydrogen-bond donors (Lipinski definition) is 2. The lowest BCUT2D eigenvalue weighted by molar-refractivity contribution is -0.138. The van der Waals surface area contributed by atoms with Crippen LogP contribution in [0.1, 0.15) is 42.9 Å². The molecule has 182 valence electrons. The number of amides is 2. The highest BCUT2D eigenvalue weighted by atomic mass is 16.5. The van der Waals surface area contributed by atoms with E-state index in [2.05, 4.69) is 15.5 Å². The average Bonchev–Trinajstić information content (AvgIpc) is 3.19. The minimum atomic E-state index is -1.13. The van der Waals surface area contributed by atoms with Gasteiger partial charge < -0.3 is 24.6 Å². The third-order valence-corrected chi connectivity index (χ3v) is 5.48. The van der Waals surface area contributed by atoms with Crippen LogP contribution in [0, 0.1) is 6.92 Å². The van der Waals surface area contributed by atoms with Gasteiger partial charge >= 0.3 is 6.09 Å². The molecule has 0 bridgehead atoms. The van der Waals surface area contributed by atoms with Gasteiger partial charge in [0, 0.05) is 20.2 Å². The molecular formula is C23H29N5O6. The lowest BCUT2D eigenvalue weighted by Crippen LogP contribution is -2.41. The first kappa shape index (κ1) is 24.9. The first-order chi connectivity index (χ1) is 16.4. The Morgan fingerprint density at radius 1 is 1.29 bits per heavy atom. The largest absolute Gasteiger partial charge is 0.465 e. The second kappa shape index (κ2) is 11.4. The van der Waals surface area contributed by atoms with E-state index >= 15 is 0 Å². The van der Waals surface area contributed by atoms with E-state index in [0.717, 1.165) is 5.56 Å². The molecule has 0 aliphatic rings. The third-order valence-electron chi connectivity index (χ3n) is 5.48. The standard InChI is InChI=1S/C23H29N5O6/c1-4-17(27(18(29)14-33-3)12-8-11-24-23(31)32)20-25-21-19(15(2)26-34-21)22(30)28(20)13-16-9-6-5-7-10-16/h5-7,9-10,17,24H,4,8,11-14H2,1-3H3,(H,31,32). The zero-order valence-corrected chi connectivity index (χ0v) is 19.5. The predicted molar refractivity (Wildman–Crippen MR) is 124 cm³/mol. The summed E-state index contributed by atoms with van der Waals surface area (Å²) in [7, 11) is 1.43. The first-order valence-corrected chi connectivity index (χ1v) is 11.0. The number of methoxy groups -OCH3 is 1. The molecule has 34 heavy (non-hydrogen) atoms. The highest BCUT2D eigenvalue weighted by molar-refractivity contribution is 5.78. The molecule has 0 radical (unpaired) electrons. The van der Waals surface area contributed by atoms with Crippen LogP contribution < -0.4 is 10.9 Å². The molecule has 3 aromatic rings. The summed E-state index contributed by atoms with van der Waals surface area (Å²) in [5.74, 6) is 0.0784. The van der Waals surface area contributed by atoms with Gasteiger partial charge in [0.05, 0.1) is 18.3 Å². The predicted octanol–water partition coefficient (Wildman–Crippen LogP) is 2.33. The molecule has 0 spiro atoms. The number of carboxylic acid groups (broad SMARTS) is 1. The van der Waals surface area contributed by atoms with Crippen LogP contribution >= 0.6 is 0 Å². The van der Waals surface area contributed by atoms with Gasteiger partial charge in [0.25, 0.3) is 11.3 Å². The SMILES string of the molecule is CCC(c1nc2onc(C)c2c(=O)n1Cc1ccccc1)N(CCCNC(=O)O)C(=O)COC. The van der Waals surface area contributed by atoms with Gasteiger partial charge in [0.1, 0.15) is 17.8 Å². The number of nitrogens with one attached hydrogen (secondary N) is 1. The van der Waals surface area contributed by atoms with Crippen LogP contribution in [0.25, 0.3) is 11.1 Å². The molecule has 0 fully saturated rings. The summed E-state index contributed by atoms with van der Waals surface area (Å²) in [6.45, 7) is 4.09. The molecule has 0 saturated carbocycles. The minimum Gasteiger partial charge on any atom is -0.465 e. The number of carbonyl (C=O) groups excluding carboxylic acids is 1. The molecule has 2 N–H and O–H groups in total. The second-order valence-electron chi connectivity index (χ2n) is 7.82. The van der Waals surface area contributed by atoms with Gasteiger partial charge in [-0.3, -0.25) is 14.2 Å². The Hall–Kier alpha value is -3.73. The maximum Gasteiger partial charge on any atom is 0.404 e. The van der Waals surface area contributed by atoms with E-state index in [1.165, 1.54) is 7.11 Å². The summed E-state index contributed by atoms with van der Waals surface area (Å²) in [5.41, 5.74) is 1.16. The monoisotopic (exact) mass is 471 g/mol. The van der Waals surface area contributed by atoms with Gasteiger partial charge in [-0.05, 0) is 25.3 Å². The summed E-state index contributed by atoms with van der Waals surface area (Å²) in [4.78, 5) is 43.5. The molecule has 0 aliphatic carbocycles. The zero-order chi connectivity index (χ0) is 24.7. The van der Waals surface area contributed by atoms with Gasteiger partial charge in [0.15, 0.2) is 0 Å². The summed E-state index contributed by atoms with van der Waals surface area (Å²) in [6.07, 6.45) is -0.293. The normalized spacial score (nSPS) is 12.0. The van der Waals surface area contributed by atoms with E-state index in [-0.39, 0.29) is 43.4 Å². The van der Waals surface area contributed by atoms with Crippen molar-refractivity contribution in [2.45, 2.75) is 39.3 Å². The number of benzene rings is 1. The van der Waals surface area contributed by atoms with Crippen LogP contribution in [-0.2, 0) is 16.1 Å². The van der Waals surface area contributed by atoms with E-state index < -0.39 is 12.1 Å². The lowest BCUT2D eigenvalue weighted by Gasteiger charge is -2.32. The molecule has 2 amide bonds. The molecule has 1 atom stereocenters. The van der Waals surface area contributed by atoms with Crippen molar-refractivity contribution in [3.05, 3.63) is 57.8 Å². The molecule has 0 saturated heterocycles. The van der Waals surface area contributed by atoms with Crippen LogP contribution in [0.15, 0.2) is 39.6 Å². The number of fused-ring (bicyclic) bond motifs is 1. The maximum absolute atomic E-state index is 13.5. The Morgan fingerprint density at radius 3 is 2.68 bits per heavy atom. The molecule has 1 aromatic carbocycles. The molecule has 11 heteroatoms. The highest BCUT2D eigenvalue weighted by Crippen LogP contribution is 2.25. The van der Waals surface area contributed by atoms with Gasteiger partial charge in [-0.1, -0.05) is 42.4 Å². The van der Waals surface area contributed by atoms with E-state index in [4.69, 9.17) is 14.4 Å². The first-order valence-electron chi connectivity index (χ1n) is 11.0.